The highest BCUT2D eigenvalue weighted by molar-refractivity contribution is 5.58. The van der Waals surface area contributed by atoms with Gasteiger partial charge in [-0.25, -0.2) is 4.68 Å². The predicted molar refractivity (Wildman–Crippen MR) is 132 cm³/mol. The quantitative estimate of drug-likeness (QED) is 0.523. The summed E-state index contributed by atoms with van der Waals surface area (Å²) in [6.45, 7) is 3.65. The van der Waals surface area contributed by atoms with Gasteiger partial charge in [0.15, 0.2) is 5.82 Å². The zero-order valence-corrected chi connectivity index (χ0v) is 20.1. The average Bonchev–Trinajstić information content (AvgIpc) is 3.39. The number of hydrogen-bond donors (Lipinski definition) is 0. The second-order valence-corrected chi connectivity index (χ2v) is 9.14. The number of aromatic nitrogens is 4. The molecule has 0 spiro atoms. The molecule has 1 aromatic heterocycles. The maximum Gasteiger partial charge on any atom is 0.173 e. The van der Waals surface area contributed by atoms with Gasteiger partial charge in [-0.3, -0.25) is 4.90 Å². The molecule has 1 atom stereocenters. The molecule has 3 aromatic rings. The average molecular weight is 463 g/mol. The van der Waals surface area contributed by atoms with E-state index in [0.717, 1.165) is 62.0 Å². The molecule has 2 fully saturated rings. The highest BCUT2D eigenvalue weighted by Gasteiger charge is 2.33. The molecular weight excluding hydrogens is 428 g/mol. The van der Waals surface area contributed by atoms with Crippen LogP contribution in [0, 0.1) is 0 Å². The van der Waals surface area contributed by atoms with Crippen molar-refractivity contribution in [2.45, 2.75) is 44.2 Å². The molecular formula is C26H34N6O2. The summed E-state index contributed by atoms with van der Waals surface area (Å²) >= 11 is 0. The van der Waals surface area contributed by atoms with Crippen LogP contribution < -0.4 is 14.4 Å². The molecule has 2 aromatic carbocycles. The third-order valence-corrected chi connectivity index (χ3v) is 7.22. The fraction of sp³-hybridized carbons (Fsp3) is 0.500. The third-order valence-electron chi connectivity index (χ3n) is 7.22. The molecule has 1 aliphatic heterocycles. The molecule has 8 nitrogen and oxygen atoms in total. The molecule has 180 valence electrons. The Hall–Kier alpha value is -3.13. The van der Waals surface area contributed by atoms with E-state index in [9.17, 15) is 0 Å². The van der Waals surface area contributed by atoms with Crippen molar-refractivity contribution in [3.8, 4) is 11.5 Å². The van der Waals surface area contributed by atoms with Gasteiger partial charge in [-0.1, -0.05) is 43.5 Å². The molecule has 0 bridgehead atoms. The predicted octanol–water partition coefficient (Wildman–Crippen LogP) is 4.11. The number of anilines is 1. The van der Waals surface area contributed by atoms with Crippen LogP contribution in [-0.2, 0) is 0 Å². The van der Waals surface area contributed by atoms with Gasteiger partial charge in [0.2, 0.25) is 0 Å². The summed E-state index contributed by atoms with van der Waals surface area (Å²) in [6, 6.07) is 17.0. The fourth-order valence-corrected chi connectivity index (χ4v) is 5.39. The summed E-state index contributed by atoms with van der Waals surface area (Å²) < 4.78 is 13.1. The van der Waals surface area contributed by atoms with E-state index in [1.807, 2.05) is 24.3 Å². The Bertz CT molecular complexity index is 1060. The Morgan fingerprint density at radius 2 is 1.59 bits per heavy atom. The SMILES string of the molecule is COc1ccc([C@H](c2nnnn2C2CCCCC2)N2CCN(c3ccccc3OC)CC2)cc1. The first kappa shape index (κ1) is 22.7. The van der Waals surface area contributed by atoms with E-state index in [-0.39, 0.29) is 6.04 Å². The van der Waals surface area contributed by atoms with E-state index in [1.54, 1.807) is 14.2 Å². The van der Waals surface area contributed by atoms with Crippen molar-refractivity contribution in [2.24, 2.45) is 0 Å². The number of hydrogen-bond acceptors (Lipinski definition) is 7. The minimum absolute atomic E-state index is 0.00246. The van der Waals surface area contributed by atoms with E-state index in [1.165, 1.54) is 24.8 Å². The second kappa shape index (κ2) is 10.4. The summed E-state index contributed by atoms with van der Waals surface area (Å²) in [5, 5.41) is 13.2. The zero-order chi connectivity index (χ0) is 23.3. The van der Waals surface area contributed by atoms with Gasteiger partial charge in [-0.15, -0.1) is 5.10 Å². The van der Waals surface area contributed by atoms with Crippen molar-refractivity contribution in [1.82, 2.24) is 25.1 Å². The van der Waals surface area contributed by atoms with E-state index in [2.05, 4.69) is 54.3 Å². The standard InChI is InChI=1S/C26H34N6O2/c1-33-22-14-12-20(13-15-22)25(26-27-28-29-32(26)21-8-4-3-5-9-21)31-18-16-30(17-19-31)23-10-6-7-11-24(23)34-2/h6-7,10-15,21,25H,3-5,8-9,16-19H2,1-2H3/t25-/m1/s1. The molecule has 0 N–H and O–H groups in total. The number of nitrogens with zero attached hydrogens (tertiary/aromatic N) is 6. The number of rotatable bonds is 7. The van der Waals surface area contributed by atoms with Crippen LogP contribution in [0.4, 0.5) is 5.69 Å². The molecule has 34 heavy (non-hydrogen) atoms. The first-order valence-electron chi connectivity index (χ1n) is 12.3. The number of methoxy groups -OCH3 is 2. The van der Waals surface area contributed by atoms with Crippen LogP contribution in [0.2, 0.25) is 0 Å². The Labute approximate surface area is 201 Å². The first-order valence-corrected chi connectivity index (χ1v) is 12.3. The summed E-state index contributed by atoms with van der Waals surface area (Å²) in [4.78, 5) is 4.92. The molecule has 0 amide bonds. The Morgan fingerprint density at radius 1 is 0.853 bits per heavy atom. The number of piperazine rings is 1. The van der Waals surface area contributed by atoms with E-state index in [4.69, 9.17) is 9.47 Å². The molecule has 1 saturated carbocycles. The summed E-state index contributed by atoms with van der Waals surface area (Å²) in [6.07, 6.45) is 6.09. The Morgan fingerprint density at radius 3 is 2.29 bits per heavy atom. The van der Waals surface area contributed by atoms with E-state index in [0.29, 0.717) is 6.04 Å². The van der Waals surface area contributed by atoms with Gasteiger partial charge in [0.05, 0.1) is 32.0 Å². The van der Waals surface area contributed by atoms with Gasteiger partial charge in [-0.05, 0) is 53.1 Å². The lowest BCUT2D eigenvalue weighted by molar-refractivity contribution is 0.193. The number of benzene rings is 2. The minimum atomic E-state index is 0.00246. The zero-order valence-electron chi connectivity index (χ0n) is 20.1. The summed E-state index contributed by atoms with van der Waals surface area (Å²) in [5.41, 5.74) is 2.34. The molecule has 0 unspecified atom stereocenters. The van der Waals surface area contributed by atoms with Crippen LogP contribution in [0.3, 0.4) is 0 Å². The fourth-order valence-electron chi connectivity index (χ4n) is 5.39. The van der Waals surface area contributed by atoms with Crippen LogP contribution in [0.1, 0.15) is 55.6 Å². The van der Waals surface area contributed by atoms with Crippen molar-refractivity contribution >= 4 is 5.69 Å². The van der Waals surface area contributed by atoms with Crippen LogP contribution in [-0.4, -0.2) is 65.5 Å². The van der Waals surface area contributed by atoms with Gasteiger partial charge >= 0.3 is 0 Å². The van der Waals surface area contributed by atoms with Crippen molar-refractivity contribution in [3.05, 3.63) is 59.9 Å². The van der Waals surface area contributed by atoms with Crippen molar-refractivity contribution < 1.29 is 9.47 Å². The number of tetrazole rings is 1. The molecule has 2 heterocycles. The van der Waals surface area contributed by atoms with Crippen LogP contribution in [0.5, 0.6) is 11.5 Å². The van der Waals surface area contributed by atoms with Crippen molar-refractivity contribution in [1.29, 1.82) is 0 Å². The maximum absolute atomic E-state index is 5.61. The van der Waals surface area contributed by atoms with Gasteiger partial charge in [0.1, 0.15) is 11.5 Å². The summed E-state index contributed by atoms with van der Waals surface area (Å²) in [7, 11) is 3.44. The topological polar surface area (TPSA) is 68.5 Å². The normalized spacial score (nSPS) is 18.6. The summed E-state index contributed by atoms with van der Waals surface area (Å²) in [5.74, 6) is 2.72. The highest BCUT2D eigenvalue weighted by Crippen LogP contribution is 2.35. The van der Waals surface area contributed by atoms with Crippen LogP contribution in [0.25, 0.3) is 0 Å². The van der Waals surface area contributed by atoms with Crippen LogP contribution in [0.15, 0.2) is 48.5 Å². The molecule has 2 aliphatic rings. The van der Waals surface area contributed by atoms with Crippen LogP contribution >= 0.6 is 0 Å². The molecule has 8 heteroatoms. The highest BCUT2D eigenvalue weighted by atomic mass is 16.5. The lowest BCUT2D eigenvalue weighted by atomic mass is 9.95. The number of ether oxygens (including phenoxy) is 2. The lowest BCUT2D eigenvalue weighted by Crippen LogP contribution is -2.48. The molecule has 1 aliphatic carbocycles. The Kier molecular flexibility index (Phi) is 6.94. The first-order chi connectivity index (χ1) is 16.8. The third kappa shape index (κ3) is 4.59. The molecule has 0 radical (unpaired) electrons. The smallest absolute Gasteiger partial charge is 0.173 e. The number of para-hydroxylation sites is 2. The lowest BCUT2D eigenvalue weighted by Gasteiger charge is -2.40. The largest absolute Gasteiger partial charge is 0.497 e. The second-order valence-electron chi connectivity index (χ2n) is 9.14. The van der Waals surface area contributed by atoms with Crippen molar-refractivity contribution in [2.75, 3.05) is 45.3 Å². The van der Waals surface area contributed by atoms with Gasteiger partial charge in [0.25, 0.3) is 0 Å². The minimum Gasteiger partial charge on any atom is -0.497 e. The van der Waals surface area contributed by atoms with Crippen molar-refractivity contribution in [3.63, 3.8) is 0 Å². The van der Waals surface area contributed by atoms with Gasteiger partial charge in [-0.2, -0.15) is 0 Å². The van der Waals surface area contributed by atoms with Gasteiger partial charge < -0.3 is 14.4 Å². The maximum atomic E-state index is 5.61. The van der Waals surface area contributed by atoms with E-state index < -0.39 is 0 Å². The van der Waals surface area contributed by atoms with E-state index >= 15 is 0 Å². The van der Waals surface area contributed by atoms with Gasteiger partial charge in [0, 0.05) is 26.2 Å². The monoisotopic (exact) mass is 462 g/mol. The molecule has 1 saturated heterocycles. The molecule has 5 rings (SSSR count). The Balaban J connectivity index is 1.43.